The van der Waals surface area contributed by atoms with Crippen LogP contribution in [0.3, 0.4) is 0 Å². The van der Waals surface area contributed by atoms with Crippen LogP contribution in [0.5, 0.6) is 0 Å². The van der Waals surface area contributed by atoms with Gasteiger partial charge < -0.3 is 10.1 Å². The van der Waals surface area contributed by atoms with Crippen molar-refractivity contribution in [3.05, 3.63) is 23.0 Å². The van der Waals surface area contributed by atoms with Gasteiger partial charge in [0.2, 0.25) is 0 Å². The molecule has 0 aromatic carbocycles. The van der Waals surface area contributed by atoms with Crippen molar-refractivity contribution in [1.29, 1.82) is 0 Å². The first-order valence-corrected chi connectivity index (χ1v) is 6.17. The fourth-order valence-corrected chi connectivity index (χ4v) is 2.63. The zero-order chi connectivity index (χ0) is 11.5. The van der Waals surface area contributed by atoms with E-state index in [1.807, 2.05) is 6.92 Å². The number of carboxylic acids is 1. The van der Waals surface area contributed by atoms with E-state index in [0.717, 1.165) is 30.5 Å². The first-order chi connectivity index (χ1) is 7.72. The van der Waals surface area contributed by atoms with E-state index in [1.54, 1.807) is 0 Å². The molecule has 0 aliphatic heterocycles. The maximum Gasteiger partial charge on any atom is 0.352 e. The van der Waals surface area contributed by atoms with Gasteiger partial charge in [0, 0.05) is 5.69 Å². The predicted molar refractivity (Wildman–Crippen MR) is 63.0 cm³/mol. The Labute approximate surface area is 95.9 Å². The third-order valence-electron chi connectivity index (χ3n) is 3.54. The number of aromatic nitrogens is 1. The molecule has 1 fully saturated rings. The van der Waals surface area contributed by atoms with Gasteiger partial charge in [0.25, 0.3) is 0 Å². The first-order valence-electron chi connectivity index (χ1n) is 6.17. The zero-order valence-electron chi connectivity index (χ0n) is 9.75. The van der Waals surface area contributed by atoms with Gasteiger partial charge in [-0.2, -0.15) is 0 Å². The molecule has 1 saturated carbocycles. The number of aromatic carboxylic acids is 1. The summed E-state index contributed by atoms with van der Waals surface area (Å²) in [5.41, 5.74) is 2.49. The lowest BCUT2D eigenvalue weighted by Gasteiger charge is -2.21. The topological polar surface area (TPSA) is 53.1 Å². The quantitative estimate of drug-likeness (QED) is 0.822. The van der Waals surface area contributed by atoms with E-state index in [-0.39, 0.29) is 0 Å². The van der Waals surface area contributed by atoms with Gasteiger partial charge in [0.15, 0.2) is 0 Å². The van der Waals surface area contributed by atoms with Crippen LogP contribution in [0.15, 0.2) is 6.07 Å². The molecule has 88 valence electrons. The van der Waals surface area contributed by atoms with E-state index in [9.17, 15) is 9.90 Å². The molecule has 1 heterocycles. The van der Waals surface area contributed by atoms with E-state index in [4.69, 9.17) is 0 Å². The normalized spacial score (nSPS) is 17.6. The highest BCUT2D eigenvalue weighted by Gasteiger charge is 2.23. The van der Waals surface area contributed by atoms with Gasteiger partial charge in [-0.25, -0.2) is 4.79 Å². The predicted octanol–water partition coefficient (Wildman–Crippen LogP) is 3.32. The monoisotopic (exact) mass is 221 g/mol. The number of hydrogen-bond donors (Lipinski definition) is 2. The lowest BCUT2D eigenvalue weighted by Crippen LogP contribution is -2.09. The number of rotatable bonds is 3. The van der Waals surface area contributed by atoms with Crippen molar-refractivity contribution in [1.82, 2.24) is 4.98 Å². The third kappa shape index (κ3) is 2.13. The standard InChI is InChI=1S/C13H19NO2/c1-2-10-8-11(12(14-10)13(15)16)9-6-4-3-5-7-9/h8-9,14H,2-7H2,1H3,(H,15,16). The Bertz CT molecular complexity index is 375. The second-order valence-corrected chi connectivity index (χ2v) is 4.62. The average molecular weight is 221 g/mol. The summed E-state index contributed by atoms with van der Waals surface area (Å²) < 4.78 is 0. The molecule has 2 rings (SSSR count). The van der Waals surface area contributed by atoms with Crippen LogP contribution in [-0.4, -0.2) is 16.1 Å². The molecule has 0 spiro atoms. The van der Waals surface area contributed by atoms with Crippen LogP contribution in [0, 0.1) is 0 Å². The minimum Gasteiger partial charge on any atom is -0.477 e. The molecule has 0 bridgehead atoms. The number of carbonyl (C=O) groups is 1. The van der Waals surface area contributed by atoms with E-state index in [0.29, 0.717) is 11.6 Å². The number of hydrogen-bond acceptors (Lipinski definition) is 1. The van der Waals surface area contributed by atoms with E-state index in [2.05, 4.69) is 11.1 Å². The molecule has 0 atom stereocenters. The number of H-pyrrole nitrogens is 1. The molecule has 1 aromatic heterocycles. The van der Waals surface area contributed by atoms with Crippen molar-refractivity contribution in [2.75, 3.05) is 0 Å². The molecule has 1 aliphatic rings. The van der Waals surface area contributed by atoms with E-state index in [1.165, 1.54) is 19.3 Å². The van der Waals surface area contributed by atoms with Gasteiger partial charge in [-0.15, -0.1) is 0 Å². The second-order valence-electron chi connectivity index (χ2n) is 4.62. The Morgan fingerprint density at radius 3 is 2.69 bits per heavy atom. The molecule has 1 aromatic rings. The highest BCUT2D eigenvalue weighted by atomic mass is 16.4. The largest absolute Gasteiger partial charge is 0.477 e. The van der Waals surface area contributed by atoms with Crippen molar-refractivity contribution < 1.29 is 9.90 Å². The fourth-order valence-electron chi connectivity index (χ4n) is 2.63. The van der Waals surface area contributed by atoms with Crippen molar-refractivity contribution in [2.45, 2.75) is 51.4 Å². The van der Waals surface area contributed by atoms with Crippen molar-refractivity contribution in [2.24, 2.45) is 0 Å². The zero-order valence-corrected chi connectivity index (χ0v) is 9.75. The third-order valence-corrected chi connectivity index (χ3v) is 3.54. The smallest absolute Gasteiger partial charge is 0.352 e. The van der Waals surface area contributed by atoms with Gasteiger partial charge in [0.05, 0.1) is 0 Å². The Balaban J connectivity index is 2.29. The molecule has 0 radical (unpaired) electrons. The lowest BCUT2D eigenvalue weighted by atomic mass is 9.84. The van der Waals surface area contributed by atoms with Crippen LogP contribution in [0.4, 0.5) is 0 Å². The maximum absolute atomic E-state index is 11.2. The van der Waals surface area contributed by atoms with Gasteiger partial charge in [0.1, 0.15) is 5.69 Å². The van der Waals surface area contributed by atoms with Crippen LogP contribution in [0.1, 0.15) is 66.7 Å². The van der Waals surface area contributed by atoms with Gasteiger partial charge >= 0.3 is 5.97 Å². The van der Waals surface area contributed by atoms with Crippen LogP contribution in [0.2, 0.25) is 0 Å². The minimum atomic E-state index is -0.819. The maximum atomic E-state index is 11.2. The molecule has 0 unspecified atom stereocenters. The van der Waals surface area contributed by atoms with Crippen molar-refractivity contribution in [3.8, 4) is 0 Å². The van der Waals surface area contributed by atoms with E-state index < -0.39 is 5.97 Å². The first kappa shape index (κ1) is 11.2. The number of aryl methyl sites for hydroxylation is 1. The van der Waals surface area contributed by atoms with Gasteiger partial charge in [-0.05, 0) is 36.8 Å². The summed E-state index contributed by atoms with van der Waals surface area (Å²) in [5.74, 6) is -0.364. The molecular weight excluding hydrogens is 202 g/mol. The molecule has 0 amide bonds. The average Bonchev–Trinajstić information content (AvgIpc) is 2.74. The number of nitrogens with one attached hydrogen (secondary N) is 1. The Morgan fingerprint density at radius 1 is 1.44 bits per heavy atom. The SMILES string of the molecule is CCc1cc(C2CCCCC2)c(C(=O)O)[nH]1. The summed E-state index contributed by atoms with van der Waals surface area (Å²) in [4.78, 5) is 14.2. The van der Waals surface area contributed by atoms with E-state index >= 15 is 0 Å². The molecular formula is C13H19NO2. The van der Waals surface area contributed by atoms with Crippen LogP contribution < -0.4 is 0 Å². The molecule has 2 N–H and O–H groups in total. The van der Waals surface area contributed by atoms with Gasteiger partial charge in [-0.3, -0.25) is 0 Å². The highest BCUT2D eigenvalue weighted by Crippen LogP contribution is 2.34. The van der Waals surface area contributed by atoms with Crippen molar-refractivity contribution in [3.63, 3.8) is 0 Å². The summed E-state index contributed by atoms with van der Waals surface area (Å²) in [7, 11) is 0. The summed E-state index contributed by atoms with van der Waals surface area (Å²) in [6, 6.07) is 2.06. The molecule has 3 heteroatoms. The summed E-state index contributed by atoms with van der Waals surface area (Å²) in [6.45, 7) is 2.04. The Kier molecular flexibility index (Phi) is 3.32. The molecule has 16 heavy (non-hydrogen) atoms. The number of aromatic amines is 1. The summed E-state index contributed by atoms with van der Waals surface area (Å²) in [5, 5.41) is 9.17. The molecule has 3 nitrogen and oxygen atoms in total. The van der Waals surface area contributed by atoms with Crippen molar-refractivity contribution >= 4 is 5.97 Å². The molecule has 0 saturated heterocycles. The summed E-state index contributed by atoms with van der Waals surface area (Å²) >= 11 is 0. The Morgan fingerprint density at radius 2 is 2.12 bits per heavy atom. The summed E-state index contributed by atoms with van der Waals surface area (Å²) in [6.07, 6.45) is 6.91. The highest BCUT2D eigenvalue weighted by molar-refractivity contribution is 5.87. The van der Waals surface area contributed by atoms with Crippen LogP contribution in [0.25, 0.3) is 0 Å². The van der Waals surface area contributed by atoms with Gasteiger partial charge in [-0.1, -0.05) is 26.2 Å². The lowest BCUT2D eigenvalue weighted by molar-refractivity contribution is 0.0689. The Hall–Kier alpha value is -1.25. The van der Waals surface area contributed by atoms with Crippen LogP contribution in [-0.2, 0) is 6.42 Å². The second kappa shape index (κ2) is 4.73. The number of carboxylic acid groups (broad SMARTS) is 1. The fraction of sp³-hybridized carbons (Fsp3) is 0.615. The minimum absolute atomic E-state index is 0.420. The van der Waals surface area contributed by atoms with Crippen LogP contribution >= 0.6 is 0 Å². The molecule has 1 aliphatic carbocycles.